The molecule has 2 saturated carbocycles. The molecule has 2 atom stereocenters. The lowest BCUT2D eigenvalue weighted by Gasteiger charge is -2.39. The van der Waals surface area contributed by atoms with Crippen LogP contribution in [0.2, 0.25) is 0 Å². The van der Waals surface area contributed by atoms with Gasteiger partial charge in [0.25, 0.3) is 0 Å². The van der Waals surface area contributed by atoms with E-state index < -0.39 is 9.84 Å². The Kier molecular flexibility index (Phi) is 6.00. The highest BCUT2D eigenvalue weighted by Gasteiger charge is 2.33. The van der Waals surface area contributed by atoms with E-state index in [-0.39, 0.29) is 23.3 Å². The molecule has 10 heteroatoms. The molecular weight excluding hydrogens is 468 g/mol. The Morgan fingerprint density at radius 2 is 1.94 bits per heavy atom. The zero-order valence-electron chi connectivity index (χ0n) is 20.2. The molecule has 0 radical (unpaired) electrons. The average molecular weight is 501 g/mol. The van der Waals surface area contributed by atoms with Gasteiger partial charge in [0, 0.05) is 24.0 Å². The SMILES string of the molecule is Cc1nc(NC2(C)CCC2)nc(N[C@H]2CC[C@@H](CS(C)(=O)=O)C2)c1-c1nc2c(C)nccc2s1. The summed E-state index contributed by atoms with van der Waals surface area (Å²) in [5.41, 5.74) is 3.64. The van der Waals surface area contributed by atoms with E-state index in [4.69, 9.17) is 15.0 Å². The Hall–Kier alpha value is -2.33. The van der Waals surface area contributed by atoms with E-state index in [1.165, 1.54) is 12.7 Å². The first-order valence-corrected chi connectivity index (χ1v) is 14.8. The molecule has 0 bridgehead atoms. The van der Waals surface area contributed by atoms with E-state index in [9.17, 15) is 8.42 Å². The van der Waals surface area contributed by atoms with Crippen molar-refractivity contribution < 1.29 is 8.42 Å². The standard InChI is InChI=1S/C24H32N6O2S2/c1-14-19(22-28-20-15(2)25-11-8-18(20)33-22)21(29-23(26-14)30-24(3)9-5-10-24)27-17-7-6-16(12-17)13-34(4,31)32/h8,11,16-17H,5-7,9-10,12-13H2,1-4H3,(H2,26,27,29,30)/t16-,17+/m1/s1. The maximum atomic E-state index is 11.8. The first-order valence-electron chi connectivity index (χ1n) is 11.9. The van der Waals surface area contributed by atoms with Crippen LogP contribution in [0.5, 0.6) is 0 Å². The minimum Gasteiger partial charge on any atom is -0.367 e. The van der Waals surface area contributed by atoms with Gasteiger partial charge in [-0.2, -0.15) is 4.98 Å². The maximum Gasteiger partial charge on any atom is 0.225 e. The molecule has 2 fully saturated rings. The molecule has 3 heterocycles. The molecule has 0 aliphatic heterocycles. The monoisotopic (exact) mass is 500 g/mol. The van der Waals surface area contributed by atoms with Gasteiger partial charge in [-0.05, 0) is 71.3 Å². The Morgan fingerprint density at radius 3 is 2.62 bits per heavy atom. The molecule has 0 aromatic carbocycles. The number of aromatic nitrogens is 4. The van der Waals surface area contributed by atoms with Gasteiger partial charge in [0.2, 0.25) is 5.95 Å². The van der Waals surface area contributed by atoms with Crippen LogP contribution in [0.1, 0.15) is 56.8 Å². The van der Waals surface area contributed by atoms with Crippen LogP contribution in [0.4, 0.5) is 11.8 Å². The molecule has 2 aliphatic carbocycles. The molecule has 2 N–H and O–H groups in total. The van der Waals surface area contributed by atoms with Crippen LogP contribution >= 0.6 is 11.3 Å². The van der Waals surface area contributed by atoms with Crippen molar-refractivity contribution in [1.29, 1.82) is 0 Å². The van der Waals surface area contributed by atoms with E-state index in [1.54, 1.807) is 11.3 Å². The highest BCUT2D eigenvalue weighted by Crippen LogP contribution is 2.40. The van der Waals surface area contributed by atoms with Crippen molar-refractivity contribution in [2.45, 2.75) is 70.9 Å². The van der Waals surface area contributed by atoms with Crippen molar-refractivity contribution in [2.24, 2.45) is 5.92 Å². The number of aryl methyl sites for hydroxylation is 2. The summed E-state index contributed by atoms with van der Waals surface area (Å²) < 4.78 is 24.7. The summed E-state index contributed by atoms with van der Waals surface area (Å²) in [6.07, 6.45) is 9.22. The Labute approximate surface area is 205 Å². The smallest absolute Gasteiger partial charge is 0.225 e. The van der Waals surface area contributed by atoms with Gasteiger partial charge in [0.1, 0.15) is 26.2 Å². The maximum absolute atomic E-state index is 11.8. The van der Waals surface area contributed by atoms with Gasteiger partial charge in [-0.3, -0.25) is 4.98 Å². The van der Waals surface area contributed by atoms with Crippen LogP contribution in [-0.4, -0.2) is 51.9 Å². The Bertz CT molecular complexity index is 1330. The lowest BCUT2D eigenvalue weighted by atomic mass is 9.79. The summed E-state index contributed by atoms with van der Waals surface area (Å²) in [7, 11) is -2.98. The Balaban J connectivity index is 1.50. The number of sulfone groups is 1. The molecule has 2 aliphatic rings. The number of thiazole rings is 1. The second-order valence-corrected chi connectivity index (χ2v) is 13.5. The van der Waals surface area contributed by atoms with Gasteiger partial charge in [-0.1, -0.05) is 0 Å². The van der Waals surface area contributed by atoms with E-state index in [0.717, 1.165) is 70.1 Å². The van der Waals surface area contributed by atoms with Crippen LogP contribution in [-0.2, 0) is 9.84 Å². The third-order valence-electron chi connectivity index (χ3n) is 7.09. The molecule has 5 rings (SSSR count). The number of hydrogen-bond donors (Lipinski definition) is 2. The molecule has 0 saturated heterocycles. The van der Waals surface area contributed by atoms with Gasteiger partial charge in [-0.25, -0.2) is 18.4 Å². The third kappa shape index (κ3) is 4.88. The first kappa shape index (κ1) is 23.4. The zero-order valence-corrected chi connectivity index (χ0v) is 21.8. The van der Waals surface area contributed by atoms with Crippen LogP contribution in [0.15, 0.2) is 12.3 Å². The minimum atomic E-state index is -2.98. The summed E-state index contributed by atoms with van der Waals surface area (Å²) in [5.74, 6) is 1.83. The van der Waals surface area contributed by atoms with Gasteiger partial charge in [0.15, 0.2) is 0 Å². The number of nitrogens with one attached hydrogen (secondary N) is 2. The summed E-state index contributed by atoms with van der Waals surface area (Å²) >= 11 is 1.62. The quantitative estimate of drug-likeness (QED) is 0.478. The first-order chi connectivity index (χ1) is 16.1. The number of pyridine rings is 1. The molecule has 3 aromatic heterocycles. The molecule has 0 amide bonds. The summed E-state index contributed by atoms with van der Waals surface area (Å²) in [6, 6.07) is 2.16. The average Bonchev–Trinajstić information content (AvgIpc) is 3.32. The molecule has 0 spiro atoms. The lowest BCUT2D eigenvalue weighted by Crippen LogP contribution is -2.42. The molecular formula is C24H32N6O2S2. The van der Waals surface area contributed by atoms with Crippen molar-refractivity contribution in [3.8, 4) is 10.6 Å². The van der Waals surface area contributed by atoms with Gasteiger partial charge < -0.3 is 10.6 Å². The predicted molar refractivity (Wildman–Crippen MR) is 138 cm³/mol. The fourth-order valence-corrected chi connectivity index (χ4v) is 7.43. The molecule has 3 aromatic rings. The Morgan fingerprint density at radius 1 is 1.15 bits per heavy atom. The van der Waals surface area contributed by atoms with Crippen LogP contribution in [0, 0.1) is 19.8 Å². The lowest BCUT2D eigenvalue weighted by molar-refractivity contribution is 0.305. The normalized spacial score (nSPS) is 22.0. The van der Waals surface area contributed by atoms with Gasteiger partial charge >= 0.3 is 0 Å². The summed E-state index contributed by atoms with van der Waals surface area (Å²) in [5, 5.41) is 8.07. The second-order valence-electron chi connectivity index (χ2n) is 10.3. The summed E-state index contributed by atoms with van der Waals surface area (Å²) in [6.45, 7) is 6.20. The highest BCUT2D eigenvalue weighted by atomic mass is 32.2. The number of rotatable bonds is 7. The van der Waals surface area contributed by atoms with Crippen LogP contribution in [0.25, 0.3) is 20.8 Å². The minimum absolute atomic E-state index is 0.0395. The van der Waals surface area contributed by atoms with E-state index in [1.807, 2.05) is 26.1 Å². The third-order valence-corrected chi connectivity index (χ3v) is 9.20. The molecule has 0 unspecified atom stereocenters. The molecule has 34 heavy (non-hydrogen) atoms. The second kappa shape index (κ2) is 8.71. The van der Waals surface area contributed by atoms with Gasteiger partial charge in [-0.15, -0.1) is 11.3 Å². The van der Waals surface area contributed by atoms with Gasteiger partial charge in [0.05, 0.1) is 27.4 Å². The van der Waals surface area contributed by atoms with Crippen molar-refractivity contribution in [1.82, 2.24) is 19.9 Å². The van der Waals surface area contributed by atoms with Crippen molar-refractivity contribution in [2.75, 3.05) is 22.6 Å². The number of hydrogen-bond acceptors (Lipinski definition) is 9. The summed E-state index contributed by atoms with van der Waals surface area (Å²) in [4.78, 5) is 19.0. The highest BCUT2D eigenvalue weighted by molar-refractivity contribution is 7.90. The topological polar surface area (TPSA) is 110 Å². The fraction of sp³-hybridized carbons (Fsp3) is 0.583. The van der Waals surface area contributed by atoms with Crippen molar-refractivity contribution in [3.63, 3.8) is 0 Å². The van der Waals surface area contributed by atoms with Crippen LogP contribution in [0.3, 0.4) is 0 Å². The van der Waals surface area contributed by atoms with E-state index >= 15 is 0 Å². The number of fused-ring (bicyclic) bond motifs is 1. The van der Waals surface area contributed by atoms with Crippen molar-refractivity contribution >= 4 is 43.2 Å². The predicted octanol–water partition coefficient (Wildman–Crippen LogP) is 4.74. The molecule has 8 nitrogen and oxygen atoms in total. The largest absolute Gasteiger partial charge is 0.367 e. The number of anilines is 2. The zero-order chi connectivity index (χ0) is 24.1. The van der Waals surface area contributed by atoms with Crippen molar-refractivity contribution in [3.05, 3.63) is 23.7 Å². The van der Waals surface area contributed by atoms with E-state index in [2.05, 4.69) is 22.5 Å². The number of nitrogens with zero attached hydrogens (tertiary/aromatic N) is 4. The fourth-order valence-electron chi connectivity index (χ4n) is 5.16. The van der Waals surface area contributed by atoms with E-state index in [0.29, 0.717) is 5.95 Å². The molecule has 182 valence electrons. The van der Waals surface area contributed by atoms with Crippen LogP contribution < -0.4 is 10.6 Å².